The Morgan fingerprint density at radius 1 is 1.25 bits per heavy atom. The molecule has 0 saturated heterocycles. The van der Waals surface area contributed by atoms with E-state index < -0.39 is 0 Å². The zero-order valence-electron chi connectivity index (χ0n) is 11.1. The van der Waals surface area contributed by atoms with Crippen molar-refractivity contribution in [2.45, 2.75) is 40.5 Å². The van der Waals surface area contributed by atoms with Gasteiger partial charge in [-0.05, 0) is 28.9 Å². The molecule has 0 heterocycles. The Morgan fingerprint density at radius 2 is 1.81 bits per heavy atom. The summed E-state index contributed by atoms with van der Waals surface area (Å²) in [6, 6.07) is 10.5. The van der Waals surface area contributed by atoms with Crippen LogP contribution in [0.3, 0.4) is 0 Å². The molecule has 1 aromatic rings. The van der Waals surface area contributed by atoms with Gasteiger partial charge in [0, 0.05) is 0 Å². The van der Waals surface area contributed by atoms with E-state index in [2.05, 4.69) is 64.6 Å². The van der Waals surface area contributed by atoms with Gasteiger partial charge in [0.05, 0.1) is 0 Å². The van der Waals surface area contributed by atoms with Gasteiger partial charge in [0.15, 0.2) is 0 Å². The summed E-state index contributed by atoms with van der Waals surface area (Å²) in [5, 5.41) is 0. The van der Waals surface area contributed by atoms with Crippen molar-refractivity contribution in [1.82, 2.24) is 0 Å². The smallest absolute Gasteiger partial charge is 0.0185 e. The fourth-order valence-electron chi connectivity index (χ4n) is 2.03. The van der Waals surface area contributed by atoms with Crippen LogP contribution in [-0.2, 0) is 0 Å². The molecule has 0 saturated carbocycles. The van der Waals surface area contributed by atoms with Gasteiger partial charge in [-0.1, -0.05) is 71.0 Å². The van der Waals surface area contributed by atoms with Crippen molar-refractivity contribution in [3.05, 3.63) is 42.5 Å². The molecule has 0 aromatic heterocycles. The van der Waals surface area contributed by atoms with Crippen LogP contribution < -0.4 is 0 Å². The lowest BCUT2D eigenvalue weighted by Crippen LogP contribution is -2.15. The van der Waals surface area contributed by atoms with Crippen LogP contribution in [0.15, 0.2) is 36.9 Å². The molecule has 16 heavy (non-hydrogen) atoms. The summed E-state index contributed by atoms with van der Waals surface area (Å²) in [5.41, 5.74) is 2.96. The molecule has 0 fully saturated rings. The summed E-state index contributed by atoms with van der Waals surface area (Å²) < 4.78 is 0. The standard InChI is InChI=1S/C16H24/c1-6-16(4,5)12-13(2)14(3)15-10-8-7-9-11-15/h7-11,13H,3,6,12H2,1-2,4-5H3. The maximum absolute atomic E-state index is 4.24. The van der Waals surface area contributed by atoms with E-state index in [1.165, 1.54) is 24.0 Å². The molecule has 0 aliphatic rings. The fraction of sp³-hybridized carbons (Fsp3) is 0.500. The highest BCUT2D eigenvalue weighted by Gasteiger charge is 2.20. The summed E-state index contributed by atoms with van der Waals surface area (Å²) >= 11 is 0. The first-order chi connectivity index (χ1) is 7.46. The molecule has 0 aliphatic heterocycles. The summed E-state index contributed by atoms with van der Waals surface area (Å²) in [6.45, 7) is 13.5. The molecule has 1 rings (SSSR count). The van der Waals surface area contributed by atoms with Crippen LogP contribution >= 0.6 is 0 Å². The third kappa shape index (κ3) is 3.52. The Morgan fingerprint density at radius 3 is 2.31 bits per heavy atom. The van der Waals surface area contributed by atoms with Gasteiger partial charge in [-0.3, -0.25) is 0 Å². The number of allylic oxidation sites excluding steroid dienone is 1. The maximum atomic E-state index is 4.24. The minimum absolute atomic E-state index is 0.414. The summed E-state index contributed by atoms with van der Waals surface area (Å²) in [6.07, 6.45) is 2.43. The van der Waals surface area contributed by atoms with Crippen LogP contribution in [0.4, 0.5) is 0 Å². The normalized spacial score (nSPS) is 13.5. The molecule has 0 spiro atoms. The Labute approximate surface area is 100 Å². The second-order valence-corrected chi connectivity index (χ2v) is 5.51. The Bertz CT molecular complexity index is 332. The minimum atomic E-state index is 0.414. The summed E-state index contributed by atoms with van der Waals surface area (Å²) in [5.74, 6) is 0.553. The second kappa shape index (κ2) is 5.34. The van der Waals surface area contributed by atoms with E-state index in [0.29, 0.717) is 11.3 Å². The average Bonchev–Trinajstić information content (AvgIpc) is 2.28. The topological polar surface area (TPSA) is 0 Å². The van der Waals surface area contributed by atoms with Crippen molar-refractivity contribution in [3.8, 4) is 0 Å². The summed E-state index contributed by atoms with van der Waals surface area (Å²) in [7, 11) is 0. The number of benzene rings is 1. The van der Waals surface area contributed by atoms with Crippen LogP contribution in [-0.4, -0.2) is 0 Å². The lowest BCUT2D eigenvalue weighted by atomic mass is 9.78. The highest BCUT2D eigenvalue weighted by atomic mass is 14.3. The molecule has 0 N–H and O–H groups in total. The number of hydrogen-bond donors (Lipinski definition) is 0. The van der Waals surface area contributed by atoms with Gasteiger partial charge < -0.3 is 0 Å². The Kier molecular flexibility index (Phi) is 4.35. The van der Waals surface area contributed by atoms with E-state index in [1.807, 2.05) is 0 Å². The largest absolute Gasteiger partial charge is 0.0950 e. The van der Waals surface area contributed by atoms with Crippen molar-refractivity contribution < 1.29 is 0 Å². The van der Waals surface area contributed by atoms with Crippen LogP contribution in [0, 0.1) is 11.3 Å². The Hall–Kier alpha value is -1.04. The van der Waals surface area contributed by atoms with Gasteiger partial charge in [-0.25, -0.2) is 0 Å². The number of hydrogen-bond acceptors (Lipinski definition) is 0. The molecule has 1 aromatic carbocycles. The van der Waals surface area contributed by atoms with Crippen molar-refractivity contribution in [2.24, 2.45) is 11.3 Å². The van der Waals surface area contributed by atoms with Gasteiger partial charge in [-0.2, -0.15) is 0 Å². The van der Waals surface area contributed by atoms with Crippen molar-refractivity contribution in [1.29, 1.82) is 0 Å². The third-order valence-electron chi connectivity index (χ3n) is 3.56. The first kappa shape index (κ1) is 13.0. The molecule has 0 heteroatoms. The van der Waals surface area contributed by atoms with Gasteiger partial charge in [0.25, 0.3) is 0 Å². The second-order valence-electron chi connectivity index (χ2n) is 5.51. The predicted octanol–water partition coefficient (Wildman–Crippen LogP) is 5.16. The minimum Gasteiger partial charge on any atom is -0.0950 e. The fourth-order valence-corrected chi connectivity index (χ4v) is 2.03. The van der Waals surface area contributed by atoms with E-state index in [4.69, 9.17) is 0 Å². The molecule has 1 atom stereocenters. The molecule has 1 unspecified atom stereocenters. The number of rotatable bonds is 5. The monoisotopic (exact) mass is 216 g/mol. The van der Waals surface area contributed by atoms with Crippen molar-refractivity contribution >= 4 is 5.57 Å². The van der Waals surface area contributed by atoms with Crippen LogP contribution in [0.5, 0.6) is 0 Å². The first-order valence-electron chi connectivity index (χ1n) is 6.20. The van der Waals surface area contributed by atoms with Crippen LogP contribution in [0.25, 0.3) is 5.57 Å². The van der Waals surface area contributed by atoms with Gasteiger partial charge in [-0.15, -0.1) is 0 Å². The molecule has 0 nitrogen and oxygen atoms in total. The van der Waals surface area contributed by atoms with Gasteiger partial charge >= 0.3 is 0 Å². The molecule has 88 valence electrons. The Balaban J connectivity index is 2.69. The lowest BCUT2D eigenvalue weighted by Gasteiger charge is -2.27. The highest BCUT2D eigenvalue weighted by Crippen LogP contribution is 2.34. The molecular weight excluding hydrogens is 192 g/mol. The van der Waals surface area contributed by atoms with Crippen molar-refractivity contribution in [3.63, 3.8) is 0 Å². The molecule has 0 bridgehead atoms. The van der Waals surface area contributed by atoms with E-state index in [-0.39, 0.29) is 0 Å². The molecule has 0 amide bonds. The molecule has 0 aliphatic carbocycles. The van der Waals surface area contributed by atoms with Crippen molar-refractivity contribution in [2.75, 3.05) is 0 Å². The van der Waals surface area contributed by atoms with Gasteiger partial charge in [0.1, 0.15) is 0 Å². The predicted molar refractivity (Wildman–Crippen MR) is 73.3 cm³/mol. The van der Waals surface area contributed by atoms with Crippen LogP contribution in [0.1, 0.15) is 46.1 Å². The first-order valence-corrected chi connectivity index (χ1v) is 6.20. The van der Waals surface area contributed by atoms with E-state index in [1.54, 1.807) is 0 Å². The average molecular weight is 216 g/mol. The highest BCUT2D eigenvalue weighted by molar-refractivity contribution is 5.64. The van der Waals surface area contributed by atoms with E-state index in [0.717, 1.165) is 0 Å². The quantitative estimate of drug-likeness (QED) is 0.637. The molecule has 0 radical (unpaired) electrons. The summed E-state index contributed by atoms with van der Waals surface area (Å²) in [4.78, 5) is 0. The lowest BCUT2D eigenvalue weighted by molar-refractivity contribution is 0.293. The zero-order chi connectivity index (χ0) is 12.2. The molecular formula is C16H24. The van der Waals surface area contributed by atoms with Crippen LogP contribution in [0.2, 0.25) is 0 Å². The van der Waals surface area contributed by atoms with Gasteiger partial charge in [0.2, 0.25) is 0 Å². The zero-order valence-corrected chi connectivity index (χ0v) is 11.1. The van der Waals surface area contributed by atoms with E-state index in [9.17, 15) is 0 Å². The third-order valence-corrected chi connectivity index (χ3v) is 3.56. The maximum Gasteiger partial charge on any atom is -0.0185 e. The van der Waals surface area contributed by atoms with E-state index >= 15 is 0 Å². The SMILES string of the molecule is C=C(c1ccccc1)C(C)CC(C)(C)CC.